The van der Waals surface area contributed by atoms with E-state index in [1.807, 2.05) is 0 Å². The molecule has 1 rings (SSSR count). The molecule has 0 aliphatic carbocycles. The van der Waals surface area contributed by atoms with Crippen molar-refractivity contribution < 1.29 is 78.2 Å². The van der Waals surface area contributed by atoms with Crippen LogP contribution in [0.2, 0.25) is 0 Å². The van der Waals surface area contributed by atoms with Crippen LogP contribution in [0.5, 0.6) is 5.75 Å². The van der Waals surface area contributed by atoms with Gasteiger partial charge in [-0.2, -0.15) is 0 Å². The predicted octanol–water partition coefficient (Wildman–Crippen LogP) is -1.27. The molecule has 0 unspecified atom stereocenters. The van der Waals surface area contributed by atoms with Gasteiger partial charge in [-0.05, 0) is 17.6 Å². The van der Waals surface area contributed by atoms with Crippen LogP contribution in [0.25, 0.3) is 0 Å². The van der Waals surface area contributed by atoms with Gasteiger partial charge in [0.2, 0.25) is 0 Å². The molecule has 0 spiro atoms. The van der Waals surface area contributed by atoms with E-state index in [1.54, 1.807) is 0 Å². The van der Waals surface area contributed by atoms with Gasteiger partial charge in [-0.1, -0.05) is 0 Å². The van der Waals surface area contributed by atoms with Crippen molar-refractivity contribution >= 4 is 12.4 Å². The Morgan fingerprint density at radius 3 is 1.93 bits per heavy atom. The zero-order valence-electron chi connectivity index (χ0n) is 7.07. The second-order valence-electron chi connectivity index (χ2n) is 2.37. The molecule has 1 nitrogen and oxygen atoms in total. The zero-order valence-corrected chi connectivity index (χ0v) is 10.2. The van der Waals surface area contributed by atoms with Crippen LogP contribution in [0.1, 0.15) is 0 Å². The first-order valence-electron chi connectivity index (χ1n) is 3.21. The van der Waals surface area contributed by atoms with Crippen LogP contribution in [-0.2, 0) is 0 Å². The van der Waals surface area contributed by atoms with Crippen molar-refractivity contribution in [2.24, 2.45) is 0 Å². The van der Waals surface area contributed by atoms with Crippen LogP contribution in [-0.4, -0.2) is 12.1 Å². The molecule has 0 saturated carbocycles. The molecule has 0 amide bonds. The maximum Gasteiger partial charge on any atom is 1.00 e. The minimum Gasteiger partial charge on any atom is -0.511 e. The molecule has 0 heterocycles. The van der Waals surface area contributed by atoms with Crippen molar-refractivity contribution in [1.82, 2.24) is 0 Å². The van der Waals surface area contributed by atoms with Crippen molar-refractivity contribution in [2.75, 3.05) is 0 Å². The Bertz CT molecular complexity index is 340. The van der Waals surface area contributed by atoms with E-state index in [0.717, 1.165) is 0 Å². The summed E-state index contributed by atoms with van der Waals surface area (Å²) in [5.74, 6) is -4.99. The standard InChI is InChI=1S/C6H3BF5O.K/c8-3-1-2-4(13)5(6(3)9)7(10,11)12;/h1-2,13H;/q-1;+1. The monoisotopic (exact) mass is 236 g/mol. The van der Waals surface area contributed by atoms with Gasteiger partial charge < -0.3 is 18.1 Å². The topological polar surface area (TPSA) is 20.2 Å². The number of hydrogen-bond donors (Lipinski definition) is 1. The van der Waals surface area contributed by atoms with E-state index in [4.69, 9.17) is 5.11 Å². The van der Waals surface area contributed by atoms with E-state index >= 15 is 0 Å². The SMILES string of the molecule is Oc1ccc(F)c(F)c1[B-](F)(F)F.[K+]. The summed E-state index contributed by atoms with van der Waals surface area (Å²) in [6, 6.07) is 0.888. The normalized spacial score (nSPS) is 10.9. The van der Waals surface area contributed by atoms with Crippen LogP contribution >= 0.6 is 0 Å². The fourth-order valence-electron chi connectivity index (χ4n) is 0.868. The van der Waals surface area contributed by atoms with E-state index in [0.29, 0.717) is 12.1 Å². The summed E-state index contributed by atoms with van der Waals surface area (Å²) >= 11 is 0. The van der Waals surface area contributed by atoms with Crippen molar-refractivity contribution in [3.8, 4) is 5.75 Å². The Morgan fingerprint density at radius 2 is 1.57 bits per heavy atom. The van der Waals surface area contributed by atoms with Crippen LogP contribution < -0.4 is 56.8 Å². The summed E-state index contributed by atoms with van der Waals surface area (Å²) in [5, 5.41) is 8.64. The number of halogens is 5. The average molecular weight is 236 g/mol. The number of phenols is 1. The molecule has 72 valence electrons. The van der Waals surface area contributed by atoms with Crippen molar-refractivity contribution in [3.05, 3.63) is 23.8 Å². The number of benzene rings is 1. The van der Waals surface area contributed by atoms with Gasteiger partial charge in [-0.3, -0.25) is 0 Å². The van der Waals surface area contributed by atoms with Gasteiger partial charge in [-0.15, -0.1) is 0 Å². The van der Waals surface area contributed by atoms with Crippen molar-refractivity contribution in [1.29, 1.82) is 0 Å². The first-order valence-corrected chi connectivity index (χ1v) is 3.21. The molecule has 1 aromatic rings. The average Bonchev–Trinajstić information content (AvgIpc) is 1.95. The van der Waals surface area contributed by atoms with Gasteiger partial charge in [0.25, 0.3) is 0 Å². The van der Waals surface area contributed by atoms with Crippen LogP contribution in [0.4, 0.5) is 21.7 Å². The Labute approximate surface area is 119 Å². The zero-order chi connectivity index (χ0) is 10.2. The van der Waals surface area contributed by atoms with Gasteiger partial charge in [-0.25, -0.2) is 8.78 Å². The molecular weight excluding hydrogens is 233 g/mol. The van der Waals surface area contributed by atoms with Crippen LogP contribution in [0.15, 0.2) is 12.1 Å². The first kappa shape index (κ1) is 14.4. The van der Waals surface area contributed by atoms with E-state index in [9.17, 15) is 21.7 Å². The predicted molar refractivity (Wildman–Crippen MR) is 36.7 cm³/mol. The van der Waals surface area contributed by atoms with Gasteiger partial charge in [0.15, 0.2) is 5.82 Å². The fourth-order valence-corrected chi connectivity index (χ4v) is 0.868. The third-order valence-electron chi connectivity index (χ3n) is 1.44. The van der Waals surface area contributed by atoms with Gasteiger partial charge in [0, 0.05) is 0 Å². The molecule has 8 heteroatoms. The largest absolute Gasteiger partial charge is 1.00 e. The second kappa shape index (κ2) is 4.93. The Balaban J connectivity index is 0.00000169. The first-order chi connectivity index (χ1) is 5.84. The smallest absolute Gasteiger partial charge is 0.511 e. The molecule has 1 N–H and O–H groups in total. The van der Waals surface area contributed by atoms with Crippen LogP contribution in [0.3, 0.4) is 0 Å². The third kappa shape index (κ3) is 2.93. The van der Waals surface area contributed by atoms with Gasteiger partial charge >= 0.3 is 58.4 Å². The third-order valence-corrected chi connectivity index (χ3v) is 1.44. The van der Waals surface area contributed by atoms with E-state index in [-0.39, 0.29) is 51.4 Å². The molecule has 0 saturated heterocycles. The molecular formula is C6H3BF5KO. The Hall–Kier alpha value is 0.371. The summed E-state index contributed by atoms with van der Waals surface area (Å²) in [6.45, 7) is -5.74. The maximum absolute atomic E-state index is 12.5. The molecule has 0 aliphatic heterocycles. The Kier molecular flexibility index (Phi) is 5.06. The summed E-state index contributed by atoms with van der Waals surface area (Å²) < 4.78 is 60.8. The number of phenolic OH excluding ortho intramolecular Hbond substituents is 1. The second-order valence-corrected chi connectivity index (χ2v) is 2.37. The number of rotatable bonds is 1. The van der Waals surface area contributed by atoms with Crippen molar-refractivity contribution in [2.45, 2.75) is 0 Å². The quantitative estimate of drug-likeness (QED) is 0.476. The molecule has 0 radical (unpaired) electrons. The van der Waals surface area contributed by atoms with E-state index in [1.165, 1.54) is 0 Å². The van der Waals surface area contributed by atoms with Crippen LogP contribution in [0, 0.1) is 11.6 Å². The van der Waals surface area contributed by atoms with E-state index in [2.05, 4.69) is 0 Å². The minimum atomic E-state index is -5.74. The molecule has 0 aliphatic rings. The number of hydrogen-bond acceptors (Lipinski definition) is 1. The molecule has 1 aromatic carbocycles. The summed E-state index contributed by atoms with van der Waals surface area (Å²) in [4.78, 5) is 0. The summed E-state index contributed by atoms with van der Waals surface area (Å²) in [7, 11) is 0. The van der Waals surface area contributed by atoms with Gasteiger partial charge in [0.1, 0.15) is 5.82 Å². The maximum atomic E-state index is 12.5. The minimum absolute atomic E-state index is 0. The summed E-state index contributed by atoms with van der Waals surface area (Å²) in [6.07, 6.45) is 0. The molecule has 0 aromatic heterocycles. The molecule has 0 fully saturated rings. The van der Waals surface area contributed by atoms with Gasteiger partial charge in [0.05, 0.1) is 5.75 Å². The fraction of sp³-hybridized carbons (Fsp3) is 0. The van der Waals surface area contributed by atoms with E-state index < -0.39 is 29.8 Å². The molecule has 0 atom stereocenters. The van der Waals surface area contributed by atoms with Crippen molar-refractivity contribution in [3.63, 3.8) is 0 Å². The summed E-state index contributed by atoms with van der Waals surface area (Å²) in [5.41, 5.74) is -1.92. The molecule has 14 heavy (non-hydrogen) atoms. The molecule has 0 bridgehead atoms. The Morgan fingerprint density at radius 1 is 1.07 bits per heavy atom. The number of aromatic hydroxyl groups is 1.